The molecule has 0 unspecified atom stereocenters. The van der Waals surface area contributed by atoms with E-state index in [1.807, 2.05) is 6.07 Å². The molecule has 6 nitrogen and oxygen atoms in total. The lowest BCUT2D eigenvalue weighted by molar-refractivity contribution is 0.102. The summed E-state index contributed by atoms with van der Waals surface area (Å²) >= 11 is 5.93. The molecule has 0 saturated carbocycles. The first kappa shape index (κ1) is 16.0. The van der Waals surface area contributed by atoms with Crippen LogP contribution >= 0.6 is 11.6 Å². The van der Waals surface area contributed by atoms with Gasteiger partial charge < -0.3 is 5.32 Å². The molecule has 0 radical (unpaired) electrons. The number of nitrogens with one attached hydrogen (secondary N) is 1. The van der Waals surface area contributed by atoms with E-state index in [4.69, 9.17) is 21.4 Å². The summed E-state index contributed by atoms with van der Waals surface area (Å²) in [4.78, 5) is 11.7. The van der Waals surface area contributed by atoms with E-state index in [0.717, 1.165) is 12.1 Å². The summed E-state index contributed by atoms with van der Waals surface area (Å²) in [5.41, 5.74) is 0.558. The zero-order valence-corrected chi connectivity index (χ0v) is 12.5. The number of rotatable bonds is 3. The van der Waals surface area contributed by atoms with Crippen LogP contribution in [0.3, 0.4) is 0 Å². The van der Waals surface area contributed by atoms with Crippen LogP contribution in [0.15, 0.2) is 47.4 Å². The van der Waals surface area contributed by atoms with E-state index in [9.17, 15) is 13.2 Å². The van der Waals surface area contributed by atoms with E-state index in [1.54, 1.807) is 0 Å². The predicted octanol–water partition coefficient (Wildman–Crippen LogP) is 2.71. The van der Waals surface area contributed by atoms with Crippen LogP contribution in [0.1, 0.15) is 15.9 Å². The normalized spacial score (nSPS) is 10.8. The first-order chi connectivity index (χ1) is 10.3. The molecule has 2 aromatic carbocycles. The molecule has 0 aromatic heterocycles. The van der Waals surface area contributed by atoms with E-state index < -0.39 is 20.9 Å². The maximum absolute atomic E-state index is 12.1. The van der Waals surface area contributed by atoms with Gasteiger partial charge in [0.2, 0.25) is 0 Å². The highest BCUT2D eigenvalue weighted by Crippen LogP contribution is 2.23. The Kier molecular flexibility index (Phi) is 4.47. The minimum Gasteiger partial charge on any atom is -0.321 e. The molecule has 112 valence electrons. The fourth-order valence-corrected chi connectivity index (χ4v) is 2.37. The van der Waals surface area contributed by atoms with Crippen LogP contribution in [0.25, 0.3) is 0 Å². The summed E-state index contributed by atoms with van der Waals surface area (Å²) in [6, 6.07) is 11.2. The average Bonchev–Trinajstić information content (AvgIpc) is 2.48. The van der Waals surface area contributed by atoms with Gasteiger partial charge in [-0.15, -0.1) is 0 Å². The Morgan fingerprint density at radius 2 is 1.95 bits per heavy atom. The number of nitriles is 1. The molecule has 0 aliphatic heterocycles. The van der Waals surface area contributed by atoms with Crippen molar-refractivity contribution in [3.8, 4) is 6.07 Å². The number of benzene rings is 2. The predicted molar refractivity (Wildman–Crippen MR) is 80.4 cm³/mol. The monoisotopic (exact) mass is 336 g/mol. The van der Waals surface area contributed by atoms with Crippen molar-refractivity contribution >= 4 is 33.3 Å². The summed E-state index contributed by atoms with van der Waals surface area (Å²) in [5.74, 6) is -0.623. The van der Waals surface area contributed by atoms with Crippen molar-refractivity contribution in [3.05, 3.63) is 58.6 Å². The molecular weight excluding hydrogens is 328 g/mol. The minimum absolute atomic E-state index is 0.0218. The largest absolute Gasteiger partial charge is 0.321 e. The molecule has 0 aliphatic carbocycles. The standard InChI is InChI=1S/C14H9ClN2O4S/c15-12-5-4-9(8-16)6-13(12)17-14(18)10-2-1-3-11(7-10)22(19,20)21/h1-7H,(H,17,18)(H,19,20,21). The number of hydrogen-bond acceptors (Lipinski definition) is 4. The van der Waals surface area contributed by atoms with Gasteiger partial charge in [0, 0.05) is 5.56 Å². The molecule has 0 saturated heterocycles. The van der Waals surface area contributed by atoms with E-state index in [1.165, 1.54) is 30.3 Å². The van der Waals surface area contributed by atoms with Gasteiger partial charge in [-0.25, -0.2) is 0 Å². The molecule has 0 atom stereocenters. The van der Waals surface area contributed by atoms with Gasteiger partial charge in [-0.1, -0.05) is 17.7 Å². The zero-order chi connectivity index (χ0) is 16.3. The van der Waals surface area contributed by atoms with Crippen LogP contribution in [0.5, 0.6) is 0 Å². The molecule has 0 aliphatic rings. The quantitative estimate of drug-likeness (QED) is 0.838. The van der Waals surface area contributed by atoms with Crippen molar-refractivity contribution < 1.29 is 17.8 Å². The fourth-order valence-electron chi connectivity index (χ4n) is 1.68. The first-order valence-electron chi connectivity index (χ1n) is 5.90. The van der Waals surface area contributed by atoms with Gasteiger partial charge in [-0.2, -0.15) is 13.7 Å². The summed E-state index contributed by atoms with van der Waals surface area (Å²) < 4.78 is 31.1. The van der Waals surface area contributed by atoms with Crippen LogP contribution in [0.4, 0.5) is 5.69 Å². The van der Waals surface area contributed by atoms with Crippen molar-refractivity contribution in [2.45, 2.75) is 4.90 Å². The van der Waals surface area contributed by atoms with Crippen molar-refractivity contribution in [1.82, 2.24) is 0 Å². The van der Waals surface area contributed by atoms with Crippen molar-refractivity contribution in [3.63, 3.8) is 0 Å². The second-order valence-corrected chi connectivity index (χ2v) is 6.09. The van der Waals surface area contributed by atoms with E-state index in [0.29, 0.717) is 5.56 Å². The molecule has 0 bridgehead atoms. The van der Waals surface area contributed by atoms with Crippen molar-refractivity contribution in [1.29, 1.82) is 5.26 Å². The van der Waals surface area contributed by atoms with Crippen LogP contribution in [-0.4, -0.2) is 18.9 Å². The minimum atomic E-state index is -4.40. The smallest absolute Gasteiger partial charge is 0.294 e. The second-order valence-electron chi connectivity index (χ2n) is 4.26. The van der Waals surface area contributed by atoms with E-state index in [-0.39, 0.29) is 16.3 Å². The molecule has 2 rings (SSSR count). The Balaban J connectivity index is 2.33. The molecule has 1 amide bonds. The molecule has 8 heteroatoms. The number of hydrogen-bond donors (Lipinski definition) is 2. The lowest BCUT2D eigenvalue weighted by atomic mass is 10.2. The Labute approximate surface area is 131 Å². The Hall–Kier alpha value is -2.40. The van der Waals surface area contributed by atoms with E-state index >= 15 is 0 Å². The summed E-state index contributed by atoms with van der Waals surface area (Å²) in [5, 5.41) is 11.5. The van der Waals surface area contributed by atoms with E-state index in [2.05, 4.69) is 5.32 Å². The Bertz CT molecular complexity index is 888. The summed E-state index contributed by atoms with van der Waals surface area (Å²) in [6.07, 6.45) is 0. The third kappa shape index (κ3) is 3.62. The van der Waals surface area contributed by atoms with Crippen LogP contribution < -0.4 is 5.32 Å². The van der Waals surface area contributed by atoms with Crippen LogP contribution in [0.2, 0.25) is 5.02 Å². The number of carbonyl (C=O) groups excluding carboxylic acids is 1. The SMILES string of the molecule is N#Cc1ccc(Cl)c(NC(=O)c2cccc(S(=O)(=O)O)c2)c1. The molecule has 0 fully saturated rings. The highest BCUT2D eigenvalue weighted by atomic mass is 35.5. The molecule has 0 spiro atoms. The summed E-state index contributed by atoms with van der Waals surface area (Å²) in [6.45, 7) is 0. The number of nitrogens with zero attached hydrogens (tertiary/aromatic N) is 1. The van der Waals surface area contributed by atoms with Crippen LogP contribution in [-0.2, 0) is 10.1 Å². The lowest BCUT2D eigenvalue weighted by Gasteiger charge is -2.08. The maximum atomic E-state index is 12.1. The number of halogens is 1. The molecule has 2 N–H and O–H groups in total. The Morgan fingerprint density at radius 1 is 1.23 bits per heavy atom. The molecule has 2 aromatic rings. The van der Waals surface area contributed by atoms with Crippen LogP contribution in [0, 0.1) is 11.3 Å². The van der Waals surface area contributed by atoms with Gasteiger partial charge in [0.15, 0.2) is 0 Å². The lowest BCUT2D eigenvalue weighted by Crippen LogP contribution is -2.13. The number of carbonyl (C=O) groups is 1. The topological polar surface area (TPSA) is 107 Å². The number of anilines is 1. The van der Waals surface area contributed by atoms with Gasteiger partial charge in [0.05, 0.1) is 27.2 Å². The highest BCUT2D eigenvalue weighted by molar-refractivity contribution is 7.85. The molecule has 22 heavy (non-hydrogen) atoms. The summed E-state index contributed by atoms with van der Waals surface area (Å²) in [7, 11) is -4.40. The van der Waals surface area contributed by atoms with Gasteiger partial charge >= 0.3 is 0 Å². The Morgan fingerprint density at radius 3 is 2.59 bits per heavy atom. The maximum Gasteiger partial charge on any atom is 0.294 e. The third-order valence-electron chi connectivity index (χ3n) is 2.74. The molecule has 0 heterocycles. The van der Waals surface area contributed by atoms with Gasteiger partial charge in [-0.05, 0) is 36.4 Å². The van der Waals surface area contributed by atoms with Crippen molar-refractivity contribution in [2.75, 3.05) is 5.32 Å². The molecular formula is C14H9ClN2O4S. The first-order valence-corrected chi connectivity index (χ1v) is 7.71. The second kappa shape index (κ2) is 6.15. The number of amides is 1. The third-order valence-corrected chi connectivity index (χ3v) is 3.92. The van der Waals surface area contributed by atoms with Crippen molar-refractivity contribution in [2.24, 2.45) is 0 Å². The fraction of sp³-hybridized carbons (Fsp3) is 0. The van der Waals surface area contributed by atoms with Gasteiger partial charge in [-0.3, -0.25) is 9.35 Å². The van der Waals surface area contributed by atoms with Gasteiger partial charge in [0.25, 0.3) is 16.0 Å². The highest BCUT2D eigenvalue weighted by Gasteiger charge is 2.14. The average molecular weight is 337 g/mol. The zero-order valence-electron chi connectivity index (χ0n) is 10.9. The van der Waals surface area contributed by atoms with Gasteiger partial charge in [0.1, 0.15) is 0 Å².